The summed E-state index contributed by atoms with van der Waals surface area (Å²) in [7, 11) is 0. The zero-order chi connectivity index (χ0) is 17.9. The summed E-state index contributed by atoms with van der Waals surface area (Å²) in [5.74, 6) is 0. The maximum Gasteiger partial charge on any atom is 2.00 e. The van der Waals surface area contributed by atoms with E-state index in [4.69, 9.17) is 76.6 Å². The smallest absolute Gasteiger partial charge is 1.00 e. The molecule has 0 aromatic heterocycles. The fourth-order valence-corrected chi connectivity index (χ4v) is 0. The van der Waals surface area contributed by atoms with Gasteiger partial charge in [0.2, 0.25) is 0 Å². The van der Waals surface area contributed by atoms with Gasteiger partial charge in [-0.1, -0.05) is 0 Å². The summed E-state index contributed by atoms with van der Waals surface area (Å²) in [6, 6.07) is 0. The van der Waals surface area contributed by atoms with E-state index in [0.717, 1.165) is 0 Å². The third kappa shape index (κ3) is 485. The van der Waals surface area contributed by atoms with Gasteiger partial charge in [0, 0.05) is 0 Å². The number of hydrogen-bond donors (Lipinski definition) is 5. The van der Waals surface area contributed by atoms with E-state index >= 15 is 0 Å². The van der Waals surface area contributed by atoms with E-state index in [0.29, 0.717) is 0 Å². The molecule has 0 fully saturated rings. The minimum absolute atomic E-state index is 0. The standard InChI is InChI=1S/15Ca.5HNO3.30H/c;;;;;;;;;;;;;;;5*2-1(3)4;;;;;;;;;;;;;;;;;;;;;;;;;;;;;;/h;;;;;;;;;;;;;;;5*(H,2,3,4);;;;;;;;;;;;;;;;;;;;;;;;;;;;;;/q15*+2;;;;;;30*-1. The van der Waals surface area contributed by atoms with E-state index in [1.165, 1.54) is 0 Å². The Balaban J connectivity index is -0.000000000768. The van der Waals surface area contributed by atoms with Crippen LogP contribution in [0.1, 0.15) is 42.8 Å². The molecule has 0 saturated heterocycles. The van der Waals surface area contributed by atoms with Gasteiger partial charge in [-0.05, 0) is 0 Å². The van der Waals surface area contributed by atoms with Gasteiger partial charge in [0.25, 0.3) is 25.4 Å². The molecule has 0 radical (unpaired) electrons. The van der Waals surface area contributed by atoms with Gasteiger partial charge in [-0.2, -0.15) is 0 Å². The van der Waals surface area contributed by atoms with Crippen molar-refractivity contribution < 1.29 is 94.3 Å². The minimum atomic E-state index is -1.50. The third-order valence-electron chi connectivity index (χ3n) is 0. The van der Waals surface area contributed by atoms with Crippen molar-refractivity contribution in [3.63, 3.8) is 0 Å². The molecule has 0 rings (SSSR count). The Bertz CT molecular complexity index is 300. The molecule has 0 aliphatic heterocycles. The molecule has 35 heteroatoms. The van der Waals surface area contributed by atoms with Crippen LogP contribution in [0.2, 0.25) is 0 Å². The quantitative estimate of drug-likeness (QED) is 0.0877. The average molecular weight is 946 g/mol. The van der Waals surface area contributed by atoms with Crippen molar-refractivity contribution in [2.45, 2.75) is 0 Å². The number of hydrogen-bond acceptors (Lipinski definition) is 10. The molecule has 0 aliphatic carbocycles. The van der Waals surface area contributed by atoms with Gasteiger partial charge in [0.1, 0.15) is 0 Å². The predicted molar refractivity (Wildman–Crippen MR) is 164 cm³/mol. The Hall–Kier alpha value is 14.9. The van der Waals surface area contributed by atoms with Crippen LogP contribution in [0.5, 0.6) is 0 Å². The third-order valence-corrected chi connectivity index (χ3v) is 0. The molecule has 0 aliphatic rings. The second-order valence-corrected chi connectivity index (χ2v) is 1.19. The van der Waals surface area contributed by atoms with Crippen molar-refractivity contribution in [3.8, 4) is 0 Å². The van der Waals surface area contributed by atoms with E-state index in [1.54, 1.807) is 0 Å². The Morgan fingerprint density at radius 3 is 0.286 bits per heavy atom. The Kier molecular flexibility index (Phi) is 479. The van der Waals surface area contributed by atoms with Crippen molar-refractivity contribution in [1.82, 2.24) is 0 Å². The van der Waals surface area contributed by atoms with Gasteiger partial charge >= 0.3 is 566 Å². The van der Waals surface area contributed by atoms with E-state index in [-0.39, 0.29) is 609 Å². The van der Waals surface area contributed by atoms with Crippen molar-refractivity contribution in [2.24, 2.45) is 0 Å². The topological polar surface area (TPSA) is 317 Å². The molecule has 0 heterocycles. The van der Waals surface area contributed by atoms with Gasteiger partial charge in [0.05, 0.1) is 0 Å². The van der Waals surface area contributed by atoms with Crippen molar-refractivity contribution in [1.29, 1.82) is 0 Å². The van der Waals surface area contributed by atoms with Crippen molar-refractivity contribution in [2.75, 3.05) is 0 Å². The first kappa shape index (κ1) is 133. The molecule has 5 N–H and O–H groups in total. The SMILES string of the molecule is O=[N+]([O-])O.O=[N+]([O-])O.O=[N+]([O-])O.O=[N+]([O-])O.O=[N+]([O-])O.[Ca+2].[Ca+2].[Ca+2].[Ca+2].[Ca+2].[Ca+2].[Ca+2].[Ca+2].[Ca+2].[Ca+2].[Ca+2].[Ca+2].[Ca+2].[Ca+2].[Ca+2].[H-].[H-].[H-].[H-].[H-].[H-].[H-].[H-].[H-].[H-].[H-].[H-].[H-].[H-].[H-].[H-].[H-].[H-].[H-].[H-].[H-].[H-].[H-].[H-].[H-].[H-].[H-].[H-].[H-].[H-]. The molecule has 35 heavy (non-hydrogen) atoms. The number of nitrogens with zero attached hydrogens (tertiary/aromatic N) is 5. The first-order valence-electron chi connectivity index (χ1n) is 2.83. The molecule has 180 valence electrons. The van der Waals surface area contributed by atoms with E-state index in [2.05, 4.69) is 0 Å². The molecule has 0 unspecified atom stereocenters. The van der Waals surface area contributed by atoms with Crippen LogP contribution < -0.4 is 0 Å². The molecular weight excluding hydrogens is 911 g/mol. The van der Waals surface area contributed by atoms with Crippen LogP contribution in [0.15, 0.2) is 0 Å². The molecule has 0 saturated carbocycles. The summed E-state index contributed by atoms with van der Waals surface area (Å²) < 4.78 is 0. The maximum absolute atomic E-state index is 8.36. The van der Waals surface area contributed by atoms with E-state index in [9.17, 15) is 0 Å². The minimum Gasteiger partial charge on any atom is -1.00 e. The van der Waals surface area contributed by atoms with Crippen molar-refractivity contribution >= 4 is 566 Å². The van der Waals surface area contributed by atoms with Crippen LogP contribution in [0.4, 0.5) is 0 Å². The normalized spacial score (nSPS) is 3.43. The van der Waals surface area contributed by atoms with Gasteiger partial charge < -0.3 is 68.8 Å². The molecular formula is H35Ca15N5O15. The molecule has 20 nitrogen and oxygen atoms in total. The Morgan fingerprint density at radius 2 is 0.286 bits per heavy atom. The zero-order valence-electron chi connectivity index (χ0n) is 49.2. The van der Waals surface area contributed by atoms with Gasteiger partial charge in [-0.25, -0.2) is 0 Å². The summed E-state index contributed by atoms with van der Waals surface area (Å²) in [6.45, 7) is 0. The predicted octanol–water partition coefficient (Wildman–Crippen LogP) is -4.08. The summed E-state index contributed by atoms with van der Waals surface area (Å²) in [6.07, 6.45) is 0. The van der Waals surface area contributed by atoms with Crippen LogP contribution in [-0.2, 0) is 0 Å². The fourth-order valence-electron chi connectivity index (χ4n) is 0. The van der Waals surface area contributed by atoms with Crippen molar-refractivity contribution in [3.05, 3.63) is 50.6 Å². The van der Waals surface area contributed by atoms with Crippen LogP contribution in [0.3, 0.4) is 0 Å². The molecule has 0 aromatic rings. The van der Waals surface area contributed by atoms with Gasteiger partial charge in [-0.3, -0.25) is 0 Å². The summed E-state index contributed by atoms with van der Waals surface area (Å²) in [4.78, 5) is 41.8. The largest absolute Gasteiger partial charge is 2.00 e. The van der Waals surface area contributed by atoms with Gasteiger partial charge in [-0.15, -0.1) is 50.6 Å². The van der Waals surface area contributed by atoms with E-state index in [1.807, 2.05) is 0 Å². The first-order chi connectivity index (χ1) is 8.66. The molecule has 0 amide bonds. The monoisotopic (exact) mass is 945 g/mol. The second kappa shape index (κ2) is 126. The first-order valence-corrected chi connectivity index (χ1v) is 2.83. The zero-order valence-corrected chi connectivity index (χ0v) is 52.3. The average Bonchev–Trinajstić information content (AvgIpc) is 1.94. The Labute approximate surface area is 690 Å². The van der Waals surface area contributed by atoms with Crippen LogP contribution in [0, 0.1) is 50.6 Å². The Morgan fingerprint density at radius 1 is 0.286 bits per heavy atom. The summed E-state index contributed by atoms with van der Waals surface area (Å²) >= 11 is 0. The second-order valence-electron chi connectivity index (χ2n) is 1.19. The molecule has 0 bridgehead atoms. The molecule has 0 aromatic carbocycles. The van der Waals surface area contributed by atoms with Crippen LogP contribution in [0.25, 0.3) is 0 Å². The number of rotatable bonds is 0. The van der Waals surface area contributed by atoms with Crippen LogP contribution >= 0.6 is 0 Å². The van der Waals surface area contributed by atoms with E-state index < -0.39 is 25.4 Å². The van der Waals surface area contributed by atoms with Crippen LogP contribution in [-0.4, -0.2) is 618 Å². The maximum atomic E-state index is 8.36. The summed E-state index contributed by atoms with van der Waals surface area (Å²) in [5, 5.41) is 68.2. The van der Waals surface area contributed by atoms with Gasteiger partial charge in [0.15, 0.2) is 0 Å². The summed E-state index contributed by atoms with van der Waals surface area (Å²) in [5.41, 5.74) is 0. The molecule has 0 spiro atoms. The molecule has 0 atom stereocenters. The fraction of sp³-hybridized carbons (Fsp3) is 0.